The number of fused-ring (bicyclic) bond motifs is 1. The molecule has 2 aliphatic rings. The summed E-state index contributed by atoms with van der Waals surface area (Å²) in [6.07, 6.45) is 5.87. The minimum Gasteiger partial charge on any atom is -0.468 e. The molecule has 0 bridgehead atoms. The van der Waals surface area contributed by atoms with E-state index in [-0.39, 0.29) is 6.79 Å². The Morgan fingerprint density at radius 2 is 1.85 bits per heavy atom. The molecule has 174 valence electrons. The highest BCUT2D eigenvalue weighted by atomic mass is 16.7. The van der Waals surface area contributed by atoms with Crippen molar-refractivity contribution in [1.82, 2.24) is 19.9 Å². The largest absolute Gasteiger partial charge is 0.468 e. The Morgan fingerprint density at radius 3 is 2.67 bits per heavy atom. The average Bonchev–Trinajstić information content (AvgIpc) is 2.88. The van der Waals surface area contributed by atoms with Gasteiger partial charge < -0.3 is 19.1 Å². The Bertz CT molecular complexity index is 1080. The van der Waals surface area contributed by atoms with Gasteiger partial charge in [0.1, 0.15) is 11.3 Å². The molecular formula is C25H31N5O3. The number of likely N-dealkylation sites (tertiary alicyclic amines) is 1. The summed E-state index contributed by atoms with van der Waals surface area (Å²) in [7, 11) is 1.61. The first kappa shape index (κ1) is 22.0. The number of pyridine rings is 1. The molecule has 0 atom stereocenters. The van der Waals surface area contributed by atoms with Crippen LogP contribution in [0.25, 0.3) is 22.4 Å². The summed E-state index contributed by atoms with van der Waals surface area (Å²) in [4.78, 5) is 19.5. The van der Waals surface area contributed by atoms with Gasteiger partial charge in [0.05, 0.1) is 18.7 Å². The molecule has 4 heterocycles. The van der Waals surface area contributed by atoms with Crippen LogP contribution in [-0.4, -0.2) is 73.1 Å². The van der Waals surface area contributed by atoms with Crippen LogP contribution in [0.2, 0.25) is 0 Å². The number of hydrogen-bond acceptors (Lipinski definition) is 8. The van der Waals surface area contributed by atoms with E-state index < -0.39 is 0 Å². The number of rotatable bonds is 7. The van der Waals surface area contributed by atoms with Crippen LogP contribution < -0.4 is 9.64 Å². The number of hydrogen-bond donors (Lipinski definition) is 0. The SMILES string of the molecule is COCOc1cccc(-c2nc(N3CCOCC3)c3ncc(CN4CCCCC4)cc3n2)c1. The first-order valence-electron chi connectivity index (χ1n) is 11.7. The fourth-order valence-electron chi connectivity index (χ4n) is 4.48. The minimum absolute atomic E-state index is 0.199. The van der Waals surface area contributed by atoms with Crippen molar-refractivity contribution in [2.24, 2.45) is 0 Å². The lowest BCUT2D eigenvalue weighted by Gasteiger charge is -2.29. The third kappa shape index (κ3) is 5.24. The molecule has 0 N–H and O–H groups in total. The average molecular weight is 450 g/mol. The van der Waals surface area contributed by atoms with E-state index >= 15 is 0 Å². The van der Waals surface area contributed by atoms with Crippen LogP contribution in [0.1, 0.15) is 24.8 Å². The number of piperidine rings is 1. The zero-order valence-electron chi connectivity index (χ0n) is 19.2. The molecule has 5 rings (SSSR count). The van der Waals surface area contributed by atoms with Gasteiger partial charge in [0.15, 0.2) is 18.4 Å². The lowest BCUT2D eigenvalue weighted by atomic mass is 10.1. The predicted octanol–water partition coefficient (Wildman–Crippen LogP) is 3.50. The van der Waals surface area contributed by atoms with Gasteiger partial charge in [-0.2, -0.15) is 0 Å². The topological polar surface area (TPSA) is 72.8 Å². The van der Waals surface area contributed by atoms with E-state index in [9.17, 15) is 0 Å². The summed E-state index contributed by atoms with van der Waals surface area (Å²) in [5.41, 5.74) is 3.81. The van der Waals surface area contributed by atoms with Crippen LogP contribution >= 0.6 is 0 Å². The number of nitrogens with zero attached hydrogens (tertiary/aromatic N) is 5. The van der Waals surface area contributed by atoms with Crippen molar-refractivity contribution in [3.8, 4) is 17.1 Å². The molecule has 0 saturated carbocycles. The molecular weight excluding hydrogens is 418 g/mol. The zero-order valence-corrected chi connectivity index (χ0v) is 19.2. The van der Waals surface area contributed by atoms with Gasteiger partial charge in [-0.1, -0.05) is 18.6 Å². The van der Waals surface area contributed by atoms with Crippen LogP contribution in [0.4, 0.5) is 5.82 Å². The van der Waals surface area contributed by atoms with E-state index in [1.165, 1.54) is 24.8 Å². The minimum atomic E-state index is 0.199. The van der Waals surface area contributed by atoms with Gasteiger partial charge in [-0.25, -0.2) is 9.97 Å². The van der Waals surface area contributed by atoms with Crippen LogP contribution in [0.15, 0.2) is 36.5 Å². The lowest BCUT2D eigenvalue weighted by molar-refractivity contribution is 0.0511. The lowest BCUT2D eigenvalue weighted by Crippen LogP contribution is -2.37. The van der Waals surface area contributed by atoms with Crippen molar-refractivity contribution >= 4 is 16.9 Å². The molecule has 2 aromatic heterocycles. The fraction of sp³-hybridized carbons (Fsp3) is 0.480. The molecule has 0 amide bonds. The maximum absolute atomic E-state index is 5.63. The fourth-order valence-corrected chi connectivity index (χ4v) is 4.48. The quantitative estimate of drug-likeness (QED) is 0.508. The first-order valence-corrected chi connectivity index (χ1v) is 11.7. The van der Waals surface area contributed by atoms with Gasteiger partial charge in [0.2, 0.25) is 0 Å². The number of methoxy groups -OCH3 is 1. The molecule has 8 nitrogen and oxygen atoms in total. The summed E-state index contributed by atoms with van der Waals surface area (Å²) in [5.74, 6) is 2.26. The van der Waals surface area contributed by atoms with Gasteiger partial charge in [-0.15, -0.1) is 0 Å². The summed E-state index contributed by atoms with van der Waals surface area (Å²) in [5, 5.41) is 0. The molecule has 0 aliphatic carbocycles. The summed E-state index contributed by atoms with van der Waals surface area (Å²) in [6.45, 7) is 6.38. The second kappa shape index (κ2) is 10.4. The van der Waals surface area contributed by atoms with Crippen molar-refractivity contribution in [3.63, 3.8) is 0 Å². The number of anilines is 1. The maximum atomic E-state index is 5.63. The molecule has 8 heteroatoms. The van der Waals surface area contributed by atoms with E-state index in [4.69, 9.17) is 29.2 Å². The molecule has 0 spiro atoms. The highest BCUT2D eigenvalue weighted by Crippen LogP contribution is 2.29. The van der Waals surface area contributed by atoms with Crippen molar-refractivity contribution in [1.29, 1.82) is 0 Å². The molecule has 2 aliphatic heterocycles. The van der Waals surface area contributed by atoms with E-state index in [2.05, 4.69) is 15.9 Å². The Labute approximate surface area is 194 Å². The molecule has 1 aromatic carbocycles. The Morgan fingerprint density at radius 1 is 1.00 bits per heavy atom. The Hall–Kier alpha value is -2.81. The smallest absolute Gasteiger partial charge is 0.188 e. The number of benzene rings is 1. The van der Waals surface area contributed by atoms with Gasteiger partial charge in [0, 0.05) is 38.5 Å². The third-order valence-electron chi connectivity index (χ3n) is 6.18. The Kier molecular flexibility index (Phi) is 6.95. The van der Waals surface area contributed by atoms with Crippen LogP contribution in [-0.2, 0) is 16.0 Å². The first-order chi connectivity index (χ1) is 16.3. The predicted molar refractivity (Wildman–Crippen MR) is 127 cm³/mol. The monoisotopic (exact) mass is 449 g/mol. The summed E-state index contributed by atoms with van der Waals surface area (Å²) in [6, 6.07) is 10.00. The normalized spacial score (nSPS) is 17.4. The van der Waals surface area contributed by atoms with Crippen molar-refractivity contribution in [2.75, 3.05) is 58.2 Å². The summed E-state index contributed by atoms with van der Waals surface area (Å²) >= 11 is 0. The van der Waals surface area contributed by atoms with E-state index in [1.807, 2.05) is 30.5 Å². The zero-order chi connectivity index (χ0) is 22.5. The van der Waals surface area contributed by atoms with Crippen molar-refractivity contribution in [2.45, 2.75) is 25.8 Å². The van der Waals surface area contributed by atoms with E-state index in [1.54, 1.807) is 7.11 Å². The molecule has 0 unspecified atom stereocenters. The molecule has 33 heavy (non-hydrogen) atoms. The van der Waals surface area contributed by atoms with Gasteiger partial charge in [-0.3, -0.25) is 9.88 Å². The Balaban J connectivity index is 1.53. The number of aromatic nitrogens is 3. The van der Waals surface area contributed by atoms with Gasteiger partial charge in [-0.05, 0) is 49.7 Å². The standard InChI is InChI=1S/C25H31N5O3/c1-31-18-33-21-7-5-6-20(15-21)24-27-22-14-19(17-29-8-3-2-4-9-29)16-26-23(22)25(28-24)30-10-12-32-13-11-30/h5-7,14-16H,2-4,8-13,17-18H2,1H3. The number of ether oxygens (including phenoxy) is 3. The molecule has 2 fully saturated rings. The van der Waals surface area contributed by atoms with Crippen LogP contribution in [0.5, 0.6) is 5.75 Å². The van der Waals surface area contributed by atoms with Crippen LogP contribution in [0, 0.1) is 0 Å². The van der Waals surface area contributed by atoms with E-state index in [0.29, 0.717) is 19.0 Å². The van der Waals surface area contributed by atoms with Crippen molar-refractivity contribution in [3.05, 3.63) is 42.1 Å². The van der Waals surface area contributed by atoms with E-state index in [0.717, 1.165) is 60.9 Å². The second-order valence-corrected chi connectivity index (χ2v) is 8.60. The molecule has 2 saturated heterocycles. The highest BCUT2D eigenvalue weighted by Gasteiger charge is 2.20. The van der Waals surface area contributed by atoms with Crippen LogP contribution in [0.3, 0.4) is 0 Å². The van der Waals surface area contributed by atoms with Gasteiger partial charge in [0.25, 0.3) is 0 Å². The highest BCUT2D eigenvalue weighted by molar-refractivity contribution is 5.88. The number of morpholine rings is 1. The summed E-state index contributed by atoms with van der Waals surface area (Å²) < 4.78 is 16.2. The van der Waals surface area contributed by atoms with Gasteiger partial charge >= 0.3 is 0 Å². The molecule has 0 radical (unpaired) electrons. The maximum Gasteiger partial charge on any atom is 0.188 e. The van der Waals surface area contributed by atoms with Crippen molar-refractivity contribution < 1.29 is 14.2 Å². The second-order valence-electron chi connectivity index (χ2n) is 8.60. The third-order valence-corrected chi connectivity index (χ3v) is 6.18. The molecule has 3 aromatic rings.